The molecule has 1 aromatic carbocycles. The molecule has 0 spiro atoms. The average Bonchev–Trinajstić information content (AvgIpc) is 3.02. The second-order valence-corrected chi connectivity index (χ2v) is 6.54. The standard InChI is InChI=1S/C16H12F3N5O2S/c17-16(18,19)9-2-1-3-10(4-9)27-11-5-21-14-12(6-23-24(14)8-11)15(26)22-7-13(20)25/h1-6,8H,7H2,(H2,20,25)(H,22,26). The second kappa shape index (κ2) is 7.27. The Morgan fingerprint density at radius 1 is 1.22 bits per heavy atom. The van der Waals surface area contributed by atoms with E-state index in [9.17, 15) is 22.8 Å². The lowest BCUT2D eigenvalue weighted by Gasteiger charge is -2.08. The third-order valence-electron chi connectivity index (χ3n) is 3.40. The fourth-order valence-electron chi connectivity index (χ4n) is 2.21. The first-order valence-corrected chi connectivity index (χ1v) is 8.30. The summed E-state index contributed by atoms with van der Waals surface area (Å²) in [7, 11) is 0. The van der Waals surface area contributed by atoms with E-state index in [0.717, 1.165) is 23.9 Å². The first-order chi connectivity index (χ1) is 12.7. The number of carbonyl (C=O) groups is 2. The molecule has 27 heavy (non-hydrogen) atoms. The van der Waals surface area contributed by atoms with Crippen molar-refractivity contribution in [2.75, 3.05) is 6.54 Å². The summed E-state index contributed by atoms with van der Waals surface area (Å²) in [6, 6.07) is 4.92. The highest BCUT2D eigenvalue weighted by molar-refractivity contribution is 7.99. The van der Waals surface area contributed by atoms with Crippen LogP contribution in [0.3, 0.4) is 0 Å². The van der Waals surface area contributed by atoms with E-state index in [0.29, 0.717) is 9.79 Å². The Morgan fingerprint density at radius 2 is 2.00 bits per heavy atom. The molecule has 140 valence electrons. The lowest BCUT2D eigenvalue weighted by atomic mass is 10.2. The number of primary amides is 1. The van der Waals surface area contributed by atoms with Crippen LogP contribution in [-0.2, 0) is 11.0 Å². The molecule has 0 fully saturated rings. The number of carbonyl (C=O) groups excluding carboxylic acids is 2. The summed E-state index contributed by atoms with van der Waals surface area (Å²) in [5.74, 6) is -1.25. The number of benzene rings is 1. The molecule has 3 N–H and O–H groups in total. The molecule has 0 radical (unpaired) electrons. The van der Waals surface area contributed by atoms with Crippen molar-refractivity contribution in [2.24, 2.45) is 5.73 Å². The van der Waals surface area contributed by atoms with Crippen molar-refractivity contribution in [3.8, 4) is 0 Å². The van der Waals surface area contributed by atoms with Gasteiger partial charge in [-0.1, -0.05) is 17.8 Å². The molecule has 0 atom stereocenters. The number of rotatable bonds is 5. The van der Waals surface area contributed by atoms with Crippen molar-refractivity contribution in [3.63, 3.8) is 0 Å². The van der Waals surface area contributed by atoms with E-state index in [2.05, 4.69) is 15.4 Å². The minimum atomic E-state index is -4.42. The highest BCUT2D eigenvalue weighted by Crippen LogP contribution is 2.34. The van der Waals surface area contributed by atoms with E-state index in [-0.39, 0.29) is 17.8 Å². The fraction of sp³-hybridized carbons (Fsp3) is 0.125. The van der Waals surface area contributed by atoms with Crippen LogP contribution >= 0.6 is 11.8 Å². The molecule has 3 aromatic rings. The maximum atomic E-state index is 12.8. The van der Waals surface area contributed by atoms with E-state index in [1.807, 2.05) is 0 Å². The molecule has 0 unspecified atom stereocenters. The van der Waals surface area contributed by atoms with Gasteiger partial charge in [-0.25, -0.2) is 9.50 Å². The topological polar surface area (TPSA) is 102 Å². The Kier molecular flexibility index (Phi) is 5.04. The number of hydrogen-bond donors (Lipinski definition) is 2. The Labute approximate surface area is 154 Å². The number of nitrogens with one attached hydrogen (secondary N) is 1. The van der Waals surface area contributed by atoms with Crippen LogP contribution in [0.2, 0.25) is 0 Å². The maximum absolute atomic E-state index is 12.8. The monoisotopic (exact) mass is 395 g/mol. The van der Waals surface area contributed by atoms with Gasteiger partial charge < -0.3 is 11.1 Å². The van der Waals surface area contributed by atoms with Crippen molar-refractivity contribution >= 4 is 29.2 Å². The largest absolute Gasteiger partial charge is 0.416 e. The van der Waals surface area contributed by atoms with E-state index in [4.69, 9.17) is 5.73 Å². The van der Waals surface area contributed by atoms with Gasteiger partial charge in [-0.15, -0.1) is 0 Å². The first-order valence-electron chi connectivity index (χ1n) is 7.49. The van der Waals surface area contributed by atoms with Gasteiger partial charge in [0.15, 0.2) is 5.65 Å². The number of hydrogen-bond acceptors (Lipinski definition) is 5. The Morgan fingerprint density at radius 3 is 2.70 bits per heavy atom. The number of aromatic nitrogens is 3. The summed E-state index contributed by atoms with van der Waals surface area (Å²) in [5, 5.41) is 6.34. The molecular formula is C16H12F3N5O2S. The van der Waals surface area contributed by atoms with Gasteiger partial charge in [-0.2, -0.15) is 18.3 Å². The van der Waals surface area contributed by atoms with Gasteiger partial charge in [0.2, 0.25) is 5.91 Å². The molecule has 0 saturated carbocycles. The Bertz CT molecular complexity index is 1020. The number of nitrogens with zero attached hydrogens (tertiary/aromatic N) is 3. The second-order valence-electron chi connectivity index (χ2n) is 5.39. The molecule has 2 aromatic heterocycles. The molecule has 2 amide bonds. The van der Waals surface area contributed by atoms with Crippen LogP contribution in [0.4, 0.5) is 13.2 Å². The molecule has 0 saturated heterocycles. The molecule has 0 aliphatic rings. The summed E-state index contributed by atoms with van der Waals surface area (Å²) >= 11 is 1.08. The summed E-state index contributed by atoms with van der Waals surface area (Å²) in [6.07, 6.45) is -0.184. The van der Waals surface area contributed by atoms with Crippen LogP contribution in [0.15, 0.2) is 52.6 Å². The van der Waals surface area contributed by atoms with Crippen LogP contribution in [0.5, 0.6) is 0 Å². The summed E-state index contributed by atoms with van der Waals surface area (Å²) in [6.45, 7) is -0.320. The smallest absolute Gasteiger partial charge is 0.368 e. The van der Waals surface area contributed by atoms with Crippen molar-refractivity contribution < 1.29 is 22.8 Å². The van der Waals surface area contributed by atoms with Crippen LogP contribution in [0.25, 0.3) is 5.65 Å². The Hall–Kier alpha value is -3.08. The van der Waals surface area contributed by atoms with Crippen LogP contribution in [0.1, 0.15) is 15.9 Å². The minimum Gasteiger partial charge on any atom is -0.368 e. The van der Waals surface area contributed by atoms with Gasteiger partial charge >= 0.3 is 6.18 Å². The summed E-state index contributed by atoms with van der Waals surface area (Å²) in [4.78, 5) is 27.8. The van der Waals surface area contributed by atoms with E-state index in [1.54, 1.807) is 6.07 Å². The average molecular weight is 395 g/mol. The van der Waals surface area contributed by atoms with Gasteiger partial charge in [0.25, 0.3) is 5.91 Å². The van der Waals surface area contributed by atoms with Crippen molar-refractivity contribution in [3.05, 3.63) is 54.0 Å². The SMILES string of the molecule is NC(=O)CNC(=O)c1cnn2cc(Sc3cccc(C(F)(F)F)c3)cnc12. The number of halogens is 3. The molecule has 0 aliphatic heterocycles. The molecule has 0 aliphatic carbocycles. The zero-order chi connectivity index (χ0) is 19.6. The highest BCUT2D eigenvalue weighted by Gasteiger charge is 2.30. The zero-order valence-electron chi connectivity index (χ0n) is 13.5. The predicted octanol–water partition coefficient (Wildman–Crippen LogP) is 2.11. The van der Waals surface area contributed by atoms with Gasteiger partial charge in [0, 0.05) is 22.2 Å². The van der Waals surface area contributed by atoms with Crippen molar-refractivity contribution in [1.82, 2.24) is 19.9 Å². The number of alkyl halides is 3. The summed E-state index contributed by atoms with van der Waals surface area (Å²) < 4.78 is 39.7. The van der Waals surface area contributed by atoms with Gasteiger partial charge in [0.1, 0.15) is 5.56 Å². The highest BCUT2D eigenvalue weighted by atomic mass is 32.2. The minimum absolute atomic E-state index is 0.145. The molecule has 3 rings (SSSR count). The third kappa shape index (κ3) is 4.37. The van der Waals surface area contributed by atoms with Gasteiger partial charge in [-0.3, -0.25) is 9.59 Å². The molecule has 11 heteroatoms. The quantitative estimate of drug-likeness (QED) is 0.689. The fourth-order valence-corrected chi connectivity index (χ4v) is 3.07. The molecule has 0 bridgehead atoms. The normalized spacial score (nSPS) is 11.5. The van der Waals surface area contributed by atoms with E-state index >= 15 is 0 Å². The Balaban J connectivity index is 1.82. The number of amides is 2. The molecular weight excluding hydrogens is 383 g/mol. The lowest BCUT2D eigenvalue weighted by Crippen LogP contribution is -2.33. The molecule has 7 nitrogen and oxygen atoms in total. The van der Waals surface area contributed by atoms with Crippen molar-refractivity contribution in [1.29, 1.82) is 0 Å². The third-order valence-corrected chi connectivity index (χ3v) is 4.33. The van der Waals surface area contributed by atoms with Crippen molar-refractivity contribution in [2.45, 2.75) is 16.0 Å². The van der Waals surface area contributed by atoms with E-state index in [1.165, 1.54) is 29.2 Å². The maximum Gasteiger partial charge on any atom is 0.416 e. The molecule has 2 heterocycles. The first kappa shape index (κ1) is 18.7. The summed E-state index contributed by atoms with van der Waals surface area (Å²) in [5.41, 5.74) is 4.62. The lowest BCUT2D eigenvalue weighted by molar-refractivity contribution is -0.137. The number of fused-ring (bicyclic) bond motifs is 1. The van der Waals surface area contributed by atoms with E-state index < -0.39 is 23.6 Å². The van der Waals surface area contributed by atoms with Crippen LogP contribution in [-0.4, -0.2) is 33.0 Å². The number of nitrogens with two attached hydrogens (primary N) is 1. The predicted molar refractivity (Wildman–Crippen MR) is 90.1 cm³/mol. The van der Waals surface area contributed by atoms with Gasteiger partial charge in [-0.05, 0) is 18.2 Å². The zero-order valence-corrected chi connectivity index (χ0v) is 14.3. The van der Waals surface area contributed by atoms with Crippen LogP contribution in [0, 0.1) is 0 Å². The van der Waals surface area contributed by atoms with Crippen LogP contribution < -0.4 is 11.1 Å². The van der Waals surface area contributed by atoms with Gasteiger partial charge in [0.05, 0.1) is 18.3 Å².